The maximum atomic E-state index is 5.57. The molecular formula is C16H29N3S. The first-order valence-corrected chi connectivity index (χ1v) is 8.85. The zero-order valence-corrected chi connectivity index (χ0v) is 13.8. The van der Waals surface area contributed by atoms with Gasteiger partial charge >= 0.3 is 0 Å². The topological polar surface area (TPSA) is 50.9 Å². The van der Waals surface area contributed by atoms with Crippen LogP contribution in [0.2, 0.25) is 0 Å². The lowest BCUT2D eigenvalue weighted by Gasteiger charge is -2.31. The Bertz CT molecular complexity index is 394. The molecule has 20 heavy (non-hydrogen) atoms. The van der Waals surface area contributed by atoms with E-state index in [-0.39, 0.29) is 0 Å². The standard InChI is InChI=1S/C16H29N3S/c1-13(2)9-16(6-3-4-7-16)12-18-10-14-11-20-15(19-14)5-8-17/h11,13,18H,3-10,12,17H2,1-2H3. The summed E-state index contributed by atoms with van der Waals surface area (Å²) >= 11 is 1.74. The predicted octanol–water partition coefficient (Wildman–Crippen LogP) is 3.34. The van der Waals surface area contributed by atoms with Crippen molar-refractivity contribution in [3.05, 3.63) is 16.1 Å². The summed E-state index contributed by atoms with van der Waals surface area (Å²) in [6, 6.07) is 0. The SMILES string of the molecule is CC(C)CC1(CNCc2csc(CCN)n2)CCCC1. The number of rotatable bonds is 8. The molecule has 1 aliphatic carbocycles. The molecule has 0 saturated heterocycles. The number of thiazole rings is 1. The molecule has 3 N–H and O–H groups in total. The highest BCUT2D eigenvalue weighted by Gasteiger charge is 2.33. The van der Waals surface area contributed by atoms with Gasteiger partial charge in [-0.3, -0.25) is 0 Å². The van der Waals surface area contributed by atoms with Crippen LogP contribution in [0.5, 0.6) is 0 Å². The molecule has 0 aromatic carbocycles. The summed E-state index contributed by atoms with van der Waals surface area (Å²) in [4.78, 5) is 4.62. The van der Waals surface area contributed by atoms with E-state index >= 15 is 0 Å². The second-order valence-corrected chi connectivity index (χ2v) is 7.62. The van der Waals surface area contributed by atoms with Gasteiger partial charge in [0.25, 0.3) is 0 Å². The van der Waals surface area contributed by atoms with Crippen molar-refractivity contribution in [2.75, 3.05) is 13.1 Å². The van der Waals surface area contributed by atoms with Crippen LogP contribution in [0.15, 0.2) is 5.38 Å². The van der Waals surface area contributed by atoms with Crippen molar-refractivity contribution in [2.45, 2.75) is 58.9 Å². The van der Waals surface area contributed by atoms with Crippen molar-refractivity contribution in [1.82, 2.24) is 10.3 Å². The maximum absolute atomic E-state index is 5.57. The molecule has 0 unspecified atom stereocenters. The van der Waals surface area contributed by atoms with Crippen molar-refractivity contribution in [1.29, 1.82) is 0 Å². The summed E-state index contributed by atoms with van der Waals surface area (Å²) < 4.78 is 0. The van der Waals surface area contributed by atoms with Crippen LogP contribution in [0.25, 0.3) is 0 Å². The van der Waals surface area contributed by atoms with E-state index in [1.165, 1.54) is 42.8 Å². The summed E-state index contributed by atoms with van der Waals surface area (Å²) in [6.07, 6.45) is 7.87. The molecule has 1 saturated carbocycles. The molecule has 0 atom stereocenters. The highest BCUT2D eigenvalue weighted by molar-refractivity contribution is 7.09. The molecule has 1 aromatic heterocycles. The monoisotopic (exact) mass is 295 g/mol. The summed E-state index contributed by atoms with van der Waals surface area (Å²) in [5, 5.41) is 7.00. The first-order valence-electron chi connectivity index (χ1n) is 7.98. The first kappa shape index (κ1) is 15.9. The summed E-state index contributed by atoms with van der Waals surface area (Å²) in [5.74, 6) is 0.797. The van der Waals surface area contributed by atoms with Crippen molar-refractivity contribution < 1.29 is 0 Å². The Hall–Kier alpha value is -0.450. The van der Waals surface area contributed by atoms with Gasteiger partial charge in [-0.05, 0) is 37.1 Å². The van der Waals surface area contributed by atoms with Gasteiger partial charge in [-0.2, -0.15) is 0 Å². The Labute approximate surface area is 127 Å². The lowest BCUT2D eigenvalue weighted by molar-refractivity contribution is 0.223. The number of hydrogen-bond acceptors (Lipinski definition) is 4. The van der Waals surface area contributed by atoms with Crippen molar-refractivity contribution in [2.24, 2.45) is 17.1 Å². The van der Waals surface area contributed by atoms with E-state index in [1.54, 1.807) is 11.3 Å². The molecule has 3 nitrogen and oxygen atoms in total. The number of nitrogens with zero attached hydrogens (tertiary/aromatic N) is 1. The van der Waals surface area contributed by atoms with E-state index < -0.39 is 0 Å². The highest BCUT2D eigenvalue weighted by Crippen LogP contribution is 2.42. The highest BCUT2D eigenvalue weighted by atomic mass is 32.1. The molecule has 1 fully saturated rings. The van der Waals surface area contributed by atoms with Crippen molar-refractivity contribution in [3.8, 4) is 0 Å². The van der Waals surface area contributed by atoms with Gasteiger partial charge in [0, 0.05) is 24.9 Å². The fourth-order valence-electron chi connectivity index (χ4n) is 3.57. The largest absolute Gasteiger partial charge is 0.330 e. The quantitative estimate of drug-likeness (QED) is 0.773. The van der Waals surface area contributed by atoms with E-state index in [4.69, 9.17) is 5.73 Å². The van der Waals surface area contributed by atoms with Crippen LogP contribution in [0, 0.1) is 11.3 Å². The van der Waals surface area contributed by atoms with E-state index in [1.807, 2.05) is 0 Å². The number of nitrogens with one attached hydrogen (secondary N) is 1. The minimum absolute atomic E-state index is 0.546. The first-order chi connectivity index (χ1) is 9.63. The van der Waals surface area contributed by atoms with Crippen molar-refractivity contribution in [3.63, 3.8) is 0 Å². The Morgan fingerprint density at radius 3 is 2.80 bits per heavy atom. The normalized spacial score (nSPS) is 18.0. The van der Waals surface area contributed by atoms with Gasteiger partial charge in [-0.1, -0.05) is 26.7 Å². The average molecular weight is 295 g/mol. The van der Waals surface area contributed by atoms with Gasteiger partial charge in [-0.15, -0.1) is 11.3 Å². The van der Waals surface area contributed by atoms with Crippen LogP contribution in [-0.2, 0) is 13.0 Å². The number of aromatic nitrogens is 1. The number of hydrogen-bond donors (Lipinski definition) is 2. The Kier molecular flexibility index (Phi) is 6.00. The van der Waals surface area contributed by atoms with Crippen LogP contribution in [-0.4, -0.2) is 18.1 Å². The predicted molar refractivity (Wildman–Crippen MR) is 86.9 cm³/mol. The smallest absolute Gasteiger partial charge is 0.0941 e. The third kappa shape index (κ3) is 4.54. The fourth-order valence-corrected chi connectivity index (χ4v) is 4.38. The molecule has 2 rings (SSSR count). The van der Waals surface area contributed by atoms with E-state index in [9.17, 15) is 0 Å². The van der Waals surface area contributed by atoms with E-state index in [0.717, 1.165) is 25.4 Å². The van der Waals surface area contributed by atoms with E-state index in [0.29, 0.717) is 12.0 Å². The molecule has 1 aliphatic rings. The fraction of sp³-hybridized carbons (Fsp3) is 0.812. The maximum Gasteiger partial charge on any atom is 0.0941 e. The van der Waals surface area contributed by atoms with Crippen LogP contribution in [0.1, 0.15) is 56.7 Å². The lowest BCUT2D eigenvalue weighted by atomic mass is 9.78. The Morgan fingerprint density at radius 1 is 1.40 bits per heavy atom. The average Bonchev–Trinajstić information content (AvgIpc) is 3.00. The van der Waals surface area contributed by atoms with Crippen LogP contribution in [0.3, 0.4) is 0 Å². The summed E-state index contributed by atoms with van der Waals surface area (Å²) in [7, 11) is 0. The van der Waals surface area contributed by atoms with Crippen LogP contribution in [0.4, 0.5) is 0 Å². The molecular weight excluding hydrogens is 266 g/mol. The van der Waals surface area contributed by atoms with Crippen LogP contribution < -0.4 is 11.1 Å². The molecule has 4 heteroatoms. The molecule has 0 amide bonds. The van der Waals surface area contributed by atoms with Gasteiger partial charge in [-0.25, -0.2) is 4.98 Å². The molecule has 114 valence electrons. The summed E-state index contributed by atoms with van der Waals surface area (Å²) in [5.41, 5.74) is 7.29. The Balaban J connectivity index is 1.80. The molecule has 0 bridgehead atoms. The molecule has 1 heterocycles. The van der Waals surface area contributed by atoms with Crippen LogP contribution >= 0.6 is 11.3 Å². The lowest BCUT2D eigenvalue weighted by Crippen LogP contribution is -2.33. The second kappa shape index (κ2) is 7.53. The minimum atomic E-state index is 0.546. The summed E-state index contributed by atoms with van der Waals surface area (Å²) in [6.45, 7) is 7.44. The second-order valence-electron chi connectivity index (χ2n) is 6.68. The van der Waals surface area contributed by atoms with E-state index in [2.05, 4.69) is 29.5 Å². The van der Waals surface area contributed by atoms with Crippen molar-refractivity contribution >= 4 is 11.3 Å². The number of nitrogens with two attached hydrogens (primary N) is 1. The zero-order chi connectivity index (χ0) is 14.4. The molecule has 0 radical (unpaired) electrons. The van der Waals surface area contributed by atoms with Gasteiger partial charge in [0.1, 0.15) is 0 Å². The minimum Gasteiger partial charge on any atom is -0.330 e. The molecule has 1 aromatic rings. The zero-order valence-electron chi connectivity index (χ0n) is 13.0. The van der Waals surface area contributed by atoms with Gasteiger partial charge in [0.05, 0.1) is 10.7 Å². The third-order valence-electron chi connectivity index (χ3n) is 4.27. The Morgan fingerprint density at radius 2 is 2.15 bits per heavy atom. The van der Waals surface area contributed by atoms with Gasteiger partial charge < -0.3 is 11.1 Å². The molecule has 0 spiro atoms. The van der Waals surface area contributed by atoms with Gasteiger partial charge in [0.15, 0.2) is 0 Å². The third-order valence-corrected chi connectivity index (χ3v) is 5.23. The molecule has 0 aliphatic heterocycles. The van der Waals surface area contributed by atoms with Gasteiger partial charge in [0.2, 0.25) is 0 Å².